The fourth-order valence-corrected chi connectivity index (χ4v) is 2.69. The fraction of sp³-hybridized carbons (Fsp3) is 0.529. The second kappa shape index (κ2) is 7.40. The zero-order chi connectivity index (χ0) is 16.0. The highest BCUT2D eigenvalue weighted by atomic mass is 16.2. The third kappa shape index (κ3) is 4.31. The number of hydrogen-bond donors (Lipinski definition) is 2. The summed E-state index contributed by atoms with van der Waals surface area (Å²) >= 11 is 0. The minimum absolute atomic E-state index is 0.0667. The van der Waals surface area contributed by atoms with Crippen molar-refractivity contribution in [2.24, 2.45) is 11.1 Å². The van der Waals surface area contributed by atoms with Crippen LogP contribution < -0.4 is 11.1 Å². The maximum absolute atomic E-state index is 12.1. The molecule has 0 radical (unpaired) electrons. The Morgan fingerprint density at radius 3 is 2.68 bits per heavy atom. The van der Waals surface area contributed by atoms with E-state index in [0.717, 1.165) is 19.5 Å². The molecular formula is C17H25N3O2. The molecule has 1 saturated heterocycles. The van der Waals surface area contributed by atoms with Gasteiger partial charge < -0.3 is 16.0 Å². The lowest BCUT2D eigenvalue weighted by molar-refractivity contribution is -0.130. The van der Waals surface area contributed by atoms with E-state index in [4.69, 9.17) is 5.73 Å². The first-order valence-electron chi connectivity index (χ1n) is 7.85. The number of likely N-dealkylation sites (tertiary alicyclic amines) is 1. The molecular weight excluding hydrogens is 278 g/mol. The summed E-state index contributed by atoms with van der Waals surface area (Å²) in [5.74, 6) is 0.0658. The molecule has 1 atom stereocenters. The Kier molecular flexibility index (Phi) is 5.55. The van der Waals surface area contributed by atoms with E-state index in [2.05, 4.69) is 12.2 Å². The maximum atomic E-state index is 12.1. The third-order valence-corrected chi connectivity index (χ3v) is 4.29. The van der Waals surface area contributed by atoms with Crippen molar-refractivity contribution in [1.82, 2.24) is 10.2 Å². The van der Waals surface area contributed by atoms with Gasteiger partial charge in [-0.3, -0.25) is 9.59 Å². The summed E-state index contributed by atoms with van der Waals surface area (Å²) in [5.41, 5.74) is 6.47. The minimum Gasteiger partial charge on any atom is -0.352 e. The first-order chi connectivity index (χ1) is 10.5. The molecule has 0 aliphatic carbocycles. The maximum Gasteiger partial charge on any atom is 0.251 e. The summed E-state index contributed by atoms with van der Waals surface area (Å²) in [6.07, 6.45) is 2.10. The van der Waals surface area contributed by atoms with E-state index in [9.17, 15) is 9.59 Å². The minimum atomic E-state index is -0.0927. The molecule has 1 aromatic carbocycles. The summed E-state index contributed by atoms with van der Waals surface area (Å²) in [6, 6.07) is 9.10. The van der Waals surface area contributed by atoms with Crippen LogP contribution in [-0.2, 0) is 4.79 Å². The molecule has 22 heavy (non-hydrogen) atoms. The van der Waals surface area contributed by atoms with Gasteiger partial charge in [-0.15, -0.1) is 0 Å². The van der Waals surface area contributed by atoms with E-state index < -0.39 is 0 Å². The second-order valence-electron chi connectivity index (χ2n) is 6.31. The first kappa shape index (κ1) is 16.5. The summed E-state index contributed by atoms with van der Waals surface area (Å²) in [6.45, 7) is 4.80. The van der Waals surface area contributed by atoms with Crippen LogP contribution in [0.3, 0.4) is 0 Å². The molecule has 1 aromatic rings. The zero-order valence-electron chi connectivity index (χ0n) is 13.2. The smallest absolute Gasteiger partial charge is 0.251 e. The van der Waals surface area contributed by atoms with E-state index in [0.29, 0.717) is 31.5 Å². The molecule has 0 aromatic heterocycles. The Morgan fingerprint density at radius 2 is 2.05 bits per heavy atom. The molecule has 120 valence electrons. The molecule has 1 unspecified atom stereocenters. The molecule has 5 nitrogen and oxygen atoms in total. The van der Waals surface area contributed by atoms with Crippen LogP contribution in [0.15, 0.2) is 30.3 Å². The molecule has 1 aliphatic rings. The highest BCUT2D eigenvalue weighted by Gasteiger charge is 2.34. The monoisotopic (exact) mass is 303 g/mol. The SMILES string of the molecule is CC1(CN)CCN(C(=O)CCCNC(=O)c2ccccc2)C1. The topological polar surface area (TPSA) is 75.4 Å². The number of rotatable bonds is 6. The molecule has 2 rings (SSSR count). The van der Waals surface area contributed by atoms with E-state index >= 15 is 0 Å². The van der Waals surface area contributed by atoms with Gasteiger partial charge in [-0.05, 0) is 36.9 Å². The Balaban J connectivity index is 1.67. The van der Waals surface area contributed by atoms with Gasteiger partial charge in [0.1, 0.15) is 0 Å². The largest absolute Gasteiger partial charge is 0.352 e. The van der Waals surface area contributed by atoms with Gasteiger partial charge in [-0.25, -0.2) is 0 Å². The Bertz CT molecular complexity index is 518. The van der Waals surface area contributed by atoms with Gasteiger partial charge in [-0.1, -0.05) is 25.1 Å². The molecule has 5 heteroatoms. The number of benzene rings is 1. The molecule has 1 fully saturated rings. The zero-order valence-corrected chi connectivity index (χ0v) is 13.2. The van der Waals surface area contributed by atoms with E-state index in [-0.39, 0.29) is 17.2 Å². The number of carbonyl (C=O) groups is 2. The van der Waals surface area contributed by atoms with Gasteiger partial charge in [0.05, 0.1) is 0 Å². The van der Waals surface area contributed by atoms with Crippen LogP contribution in [0.4, 0.5) is 0 Å². The van der Waals surface area contributed by atoms with Crippen LogP contribution >= 0.6 is 0 Å². The highest BCUT2D eigenvalue weighted by Crippen LogP contribution is 2.28. The lowest BCUT2D eigenvalue weighted by atomic mass is 9.90. The number of carbonyl (C=O) groups excluding carboxylic acids is 2. The standard InChI is InChI=1S/C17H25N3O2/c1-17(12-18)9-11-20(13-17)15(21)8-5-10-19-16(22)14-6-3-2-4-7-14/h2-4,6-7H,5,8-13,18H2,1H3,(H,19,22). The van der Waals surface area contributed by atoms with Crippen LogP contribution in [0, 0.1) is 5.41 Å². The van der Waals surface area contributed by atoms with E-state index in [1.54, 1.807) is 12.1 Å². The van der Waals surface area contributed by atoms with Crippen molar-refractivity contribution >= 4 is 11.8 Å². The average molecular weight is 303 g/mol. The number of nitrogens with zero attached hydrogens (tertiary/aromatic N) is 1. The molecule has 3 N–H and O–H groups in total. The van der Waals surface area contributed by atoms with Crippen molar-refractivity contribution in [3.8, 4) is 0 Å². The Morgan fingerprint density at radius 1 is 1.32 bits per heavy atom. The number of nitrogens with one attached hydrogen (secondary N) is 1. The molecule has 0 bridgehead atoms. The molecule has 1 aliphatic heterocycles. The predicted molar refractivity (Wildman–Crippen MR) is 86.4 cm³/mol. The fourth-order valence-electron chi connectivity index (χ4n) is 2.69. The van der Waals surface area contributed by atoms with Crippen LogP contribution in [0.25, 0.3) is 0 Å². The van der Waals surface area contributed by atoms with Crippen LogP contribution in [-0.4, -0.2) is 42.9 Å². The van der Waals surface area contributed by atoms with Crippen molar-refractivity contribution in [1.29, 1.82) is 0 Å². The predicted octanol–water partition coefficient (Wildman–Crippen LogP) is 1.39. The van der Waals surface area contributed by atoms with Gasteiger partial charge in [-0.2, -0.15) is 0 Å². The van der Waals surface area contributed by atoms with Crippen molar-refractivity contribution in [3.05, 3.63) is 35.9 Å². The highest BCUT2D eigenvalue weighted by molar-refractivity contribution is 5.94. The first-order valence-corrected chi connectivity index (χ1v) is 7.85. The number of hydrogen-bond acceptors (Lipinski definition) is 3. The number of amides is 2. The summed E-state index contributed by atoms with van der Waals surface area (Å²) in [4.78, 5) is 25.9. The summed E-state index contributed by atoms with van der Waals surface area (Å²) < 4.78 is 0. The number of nitrogens with two attached hydrogens (primary N) is 1. The Labute approximate surface area is 131 Å². The Hall–Kier alpha value is -1.88. The van der Waals surface area contributed by atoms with Crippen LogP contribution in [0.1, 0.15) is 36.5 Å². The van der Waals surface area contributed by atoms with E-state index in [1.165, 1.54) is 0 Å². The molecule has 2 amide bonds. The summed E-state index contributed by atoms with van der Waals surface area (Å²) in [7, 11) is 0. The van der Waals surface area contributed by atoms with Gasteiger partial charge in [0.25, 0.3) is 5.91 Å². The van der Waals surface area contributed by atoms with Gasteiger partial charge in [0, 0.05) is 31.6 Å². The molecule has 1 heterocycles. The molecule has 0 saturated carbocycles. The second-order valence-corrected chi connectivity index (χ2v) is 6.31. The lowest BCUT2D eigenvalue weighted by Crippen LogP contribution is -2.34. The quantitative estimate of drug-likeness (QED) is 0.780. The van der Waals surface area contributed by atoms with Gasteiger partial charge >= 0.3 is 0 Å². The lowest BCUT2D eigenvalue weighted by Gasteiger charge is -2.22. The average Bonchev–Trinajstić information content (AvgIpc) is 2.95. The van der Waals surface area contributed by atoms with Crippen molar-refractivity contribution in [2.75, 3.05) is 26.2 Å². The van der Waals surface area contributed by atoms with Crippen LogP contribution in [0.5, 0.6) is 0 Å². The van der Waals surface area contributed by atoms with Gasteiger partial charge in [0.15, 0.2) is 0 Å². The van der Waals surface area contributed by atoms with Gasteiger partial charge in [0.2, 0.25) is 5.91 Å². The van der Waals surface area contributed by atoms with Crippen LogP contribution in [0.2, 0.25) is 0 Å². The van der Waals surface area contributed by atoms with Crippen molar-refractivity contribution in [2.45, 2.75) is 26.2 Å². The molecule has 0 spiro atoms. The normalized spacial score (nSPS) is 20.9. The summed E-state index contributed by atoms with van der Waals surface area (Å²) in [5, 5.41) is 2.84. The van der Waals surface area contributed by atoms with Crippen molar-refractivity contribution < 1.29 is 9.59 Å². The van der Waals surface area contributed by atoms with Crippen molar-refractivity contribution in [3.63, 3.8) is 0 Å². The van der Waals surface area contributed by atoms with E-state index in [1.807, 2.05) is 23.1 Å². The third-order valence-electron chi connectivity index (χ3n) is 4.29.